The maximum atomic E-state index is 11.0. The zero-order valence-corrected chi connectivity index (χ0v) is 11.5. The Morgan fingerprint density at radius 1 is 1.29 bits per heavy atom. The lowest BCUT2D eigenvalue weighted by Crippen LogP contribution is -1.94. The molecule has 0 unspecified atom stereocenters. The quantitative estimate of drug-likeness (QED) is 0.769. The summed E-state index contributed by atoms with van der Waals surface area (Å²) >= 11 is 0. The van der Waals surface area contributed by atoms with Crippen molar-refractivity contribution >= 4 is 16.9 Å². The first-order valence-electron chi connectivity index (χ1n) is 6.63. The van der Waals surface area contributed by atoms with Gasteiger partial charge in [-0.25, -0.2) is 4.79 Å². The first-order chi connectivity index (χ1) is 10.2. The lowest BCUT2D eigenvalue weighted by Gasteiger charge is -2.04. The van der Waals surface area contributed by atoms with Gasteiger partial charge in [0, 0.05) is 10.9 Å². The number of carbonyl (C=O) groups is 1. The van der Waals surface area contributed by atoms with Crippen LogP contribution in [0.1, 0.15) is 17.3 Å². The predicted molar refractivity (Wildman–Crippen MR) is 79.7 cm³/mol. The number of aromatic carboxylic acids is 1. The van der Waals surface area contributed by atoms with Crippen LogP contribution >= 0.6 is 0 Å². The second-order valence-electron chi connectivity index (χ2n) is 4.60. The fourth-order valence-electron chi connectivity index (χ4n) is 2.27. The molecule has 2 aromatic carbocycles. The van der Waals surface area contributed by atoms with Gasteiger partial charge in [-0.1, -0.05) is 12.1 Å². The van der Waals surface area contributed by atoms with E-state index < -0.39 is 5.97 Å². The number of hydrogen-bond acceptors (Lipinski definition) is 3. The fraction of sp³-hybridized carbons (Fsp3) is 0.125. The fourth-order valence-corrected chi connectivity index (χ4v) is 2.27. The summed E-state index contributed by atoms with van der Waals surface area (Å²) in [6.07, 6.45) is 0. The largest absolute Gasteiger partial charge is 0.494 e. The van der Waals surface area contributed by atoms with Crippen LogP contribution in [0, 0.1) is 0 Å². The van der Waals surface area contributed by atoms with Gasteiger partial charge in [-0.05, 0) is 37.3 Å². The molecule has 2 N–H and O–H groups in total. The lowest BCUT2D eigenvalue weighted by atomic mass is 10.1. The van der Waals surface area contributed by atoms with Gasteiger partial charge >= 0.3 is 5.97 Å². The van der Waals surface area contributed by atoms with E-state index in [1.807, 2.05) is 31.2 Å². The van der Waals surface area contributed by atoms with Crippen LogP contribution in [0.25, 0.3) is 22.2 Å². The molecule has 0 aliphatic rings. The molecule has 1 aromatic heterocycles. The summed E-state index contributed by atoms with van der Waals surface area (Å²) < 4.78 is 5.49. The number of benzene rings is 2. The van der Waals surface area contributed by atoms with Gasteiger partial charge in [-0.3, -0.25) is 5.10 Å². The van der Waals surface area contributed by atoms with Gasteiger partial charge in [-0.15, -0.1) is 0 Å². The second-order valence-corrected chi connectivity index (χ2v) is 4.60. The van der Waals surface area contributed by atoms with Gasteiger partial charge in [0.1, 0.15) is 11.4 Å². The van der Waals surface area contributed by atoms with E-state index in [1.165, 1.54) is 0 Å². The number of carboxylic acid groups (broad SMARTS) is 1. The van der Waals surface area contributed by atoms with Crippen LogP contribution in [0.3, 0.4) is 0 Å². The summed E-state index contributed by atoms with van der Waals surface area (Å²) in [6.45, 7) is 2.54. The minimum atomic E-state index is -0.952. The summed E-state index contributed by atoms with van der Waals surface area (Å²) in [6, 6.07) is 12.6. The topological polar surface area (TPSA) is 75.2 Å². The third-order valence-corrected chi connectivity index (χ3v) is 3.23. The van der Waals surface area contributed by atoms with E-state index in [1.54, 1.807) is 18.2 Å². The summed E-state index contributed by atoms with van der Waals surface area (Å²) in [5.41, 5.74) is 2.64. The smallest absolute Gasteiger partial charge is 0.335 e. The van der Waals surface area contributed by atoms with Crippen LogP contribution in [-0.2, 0) is 0 Å². The number of fused-ring (bicyclic) bond motifs is 1. The highest BCUT2D eigenvalue weighted by Gasteiger charge is 2.11. The summed E-state index contributed by atoms with van der Waals surface area (Å²) in [7, 11) is 0. The number of carboxylic acids is 1. The van der Waals surface area contributed by atoms with Gasteiger partial charge in [-0.2, -0.15) is 5.10 Å². The van der Waals surface area contributed by atoms with Crippen molar-refractivity contribution in [3.63, 3.8) is 0 Å². The molecule has 3 aromatic rings. The molecule has 1 heterocycles. The Labute approximate surface area is 121 Å². The normalized spacial score (nSPS) is 10.7. The second kappa shape index (κ2) is 5.28. The molecule has 0 aliphatic heterocycles. The van der Waals surface area contributed by atoms with E-state index in [4.69, 9.17) is 9.84 Å². The highest BCUT2D eigenvalue weighted by molar-refractivity contribution is 5.98. The van der Waals surface area contributed by atoms with Crippen molar-refractivity contribution in [2.75, 3.05) is 6.61 Å². The van der Waals surface area contributed by atoms with E-state index in [2.05, 4.69) is 10.2 Å². The average Bonchev–Trinajstić information content (AvgIpc) is 2.90. The first-order valence-corrected chi connectivity index (χ1v) is 6.63. The zero-order valence-electron chi connectivity index (χ0n) is 11.5. The SMILES string of the molecule is CCOc1cccc(-c2n[nH]c3cc(C(=O)O)ccc23)c1. The van der Waals surface area contributed by atoms with Crippen LogP contribution in [0.5, 0.6) is 5.75 Å². The molecular weight excluding hydrogens is 268 g/mol. The van der Waals surface area contributed by atoms with Crippen molar-refractivity contribution in [3.8, 4) is 17.0 Å². The monoisotopic (exact) mass is 282 g/mol. The van der Waals surface area contributed by atoms with Crippen LogP contribution in [0.4, 0.5) is 0 Å². The minimum absolute atomic E-state index is 0.237. The molecule has 0 aliphatic carbocycles. The highest BCUT2D eigenvalue weighted by atomic mass is 16.5. The molecule has 0 atom stereocenters. The van der Waals surface area contributed by atoms with Crippen molar-refractivity contribution in [2.24, 2.45) is 0 Å². The van der Waals surface area contributed by atoms with Crippen molar-refractivity contribution < 1.29 is 14.6 Å². The van der Waals surface area contributed by atoms with Gasteiger partial charge in [0.25, 0.3) is 0 Å². The Hall–Kier alpha value is -2.82. The summed E-state index contributed by atoms with van der Waals surface area (Å²) in [5.74, 6) is -0.167. The maximum Gasteiger partial charge on any atom is 0.335 e. The van der Waals surface area contributed by atoms with Gasteiger partial charge < -0.3 is 9.84 Å². The Balaban J connectivity index is 2.08. The Morgan fingerprint density at radius 2 is 2.14 bits per heavy atom. The molecule has 0 spiro atoms. The van der Waals surface area contributed by atoms with E-state index >= 15 is 0 Å². The van der Waals surface area contributed by atoms with E-state index in [-0.39, 0.29) is 5.56 Å². The van der Waals surface area contributed by atoms with Crippen molar-refractivity contribution in [1.29, 1.82) is 0 Å². The van der Waals surface area contributed by atoms with Gasteiger partial charge in [0.05, 0.1) is 17.7 Å². The van der Waals surface area contributed by atoms with Crippen LogP contribution in [-0.4, -0.2) is 27.9 Å². The number of nitrogens with zero attached hydrogens (tertiary/aromatic N) is 1. The third kappa shape index (κ3) is 2.45. The molecule has 0 amide bonds. The molecule has 0 saturated heterocycles. The number of rotatable bonds is 4. The van der Waals surface area contributed by atoms with Crippen LogP contribution in [0.15, 0.2) is 42.5 Å². The number of ether oxygens (including phenoxy) is 1. The zero-order chi connectivity index (χ0) is 14.8. The van der Waals surface area contributed by atoms with Crippen molar-refractivity contribution in [3.05, 3.63) is 48.0 Å². The molecule has 5 nitrogen and oxygen atoms in total. The Bertz CT molecular complexity index is 808. The van der Waals surface area contributed by atoms with E-state index in [9.17, 15) is 4.79 Å². The van der Waals surface area contributed by atoms with Crippen LogP contribution in [0.2, 0.25) is 0 Å². The average molecular weight is 282 g/mol. The van der Waals surface area contributed by atoms with Crippen molar-refractivity contribution in [1.82, 2.24) is 10.2 Å². The molecule has 0 radical (unpaired) electrons. The third-order valence-electron chi connectivity index (χ3n) is 3.23. The van der Waals surface area contributed by atoms with Crippen LogP contribution < -0.4 is 4.74 Å². The van der Waals surface area contributed by atoms with E-state index in [0.717, 1.165) is 22.4 Å². The molecule has 106 valence electrons. The molecule has 0 saturated carbocycles. The Morgan fingerprint density at radius 3 is 2.90 bits per heavy atom. The minimum Gasteiger partial charge on any atom is -0.494 e. The number of H-pyrrole nitrogens is 1. The number of hydrogen-bond donors (Lipinski definition) is 2. The number of nitrogens with one attached hydrogen (secondary N) is 1. The molecule has 21 heavy (non-hydrogen) atoms. The summed E-state index contributed by atoms with van der Waals surface area (Å²) in [4.78, 5) is 11.0. The highest BCUT2D eigenvalue weighted by Crippen LogP contribution is 2.29. The lowest BCUT2D eigenvalue weighted by molar-refractivity contribution is 0.0697. The van der Waals surface area contributed by atoms with Crippen molar-refractivity contribution in [2.45, 2.75) is 6.92 Å². The molecule has 0 fully saturated rings. The molecular formula is C16H14N2O3. The van der Waals surface area contributed by atoms with Gasteiger partial charge in [0.2, 0.25) is 0 Å². The number of aromatic amines is 1. The van der Waals surface area contributed by atoms with E-state index in [0.29, 0.717) is 12.1 Å². The van der Waals surface area contributed by atoms with Gasteiger partial charge in [0.15, 0.2) is 0 Å². The molecule has 0 bridgehead atoms. The number of aromatic nitrogens is 2. The first kappa shape index (κ1) is 13.2. The molecule has 3 rings (SSSR count). The Kier molecular flexibility index (Phi) is 3.31. The maximum absolute atomic E-state index is 11.0. The standard InChI is InChI=1S/C16H14N2O3/c1-2-21-12-5-3-4-10(8-12)15-13-7-6-11(16(19)20)9-14(13)17-18-15/h3-9H,2H2,1H3,(H,17,18)(H,19,20). The summed E-state index contributed by atoms with van der Waals surface area (Å²) in [5, 5.41) is 17.1. The predicted octanol–water partition coefficient (Wildman–Crippen LogP) is 3.33. The molecule has 5 heteroatoms.